The Hall–Kier alpha value is -2.26. The van der Waals surface area contributed by atoms with Gasteiger partial charge in [0.25, 0.3) is 5.91 Å². The lowest BCUT2D eigenvalue weighted by Gasteiger charge is -2.32. The van der Waals surface area contributed by atoms with Crippen molar-refractivity contribution in [1.82, 2.24) is 19.4 Å². The largest absolute Gasteiger partial charge is 0.339 e. The van der Waals surface area contributed by atoms with Crippen LogP contribution in [0, 0.1) is 11.7 Å². The molecule has 0 spiro atoms. The minimum absolute atomic E-state index is 0.0724. The Morgan fingerprint density at radius 1 is 1.31 bits per heavy atom. The van der Waals surface area contributed by atoms with Gasteiger partial charge >= 0.3 is 0 Å². The zero-order chi connectivity index (χ0) is 18.7. The summed E-state index contributed by atoms with van der Waals surface area (Å²) < 4.78 is 42.2. The molecular formula is C17H21FN4O3S. The molecule has 2 heterocycles. The molecule has 1 amide bonds. The molecule has 1 fully saturated rings. The topological polar surface area (TPSA) is 84.3 Å². The molecule has 0 unspecified atom stereocenters. The molecule has 0 atom stereocenters. The van der Waals surface area contributed by atoms with Gasteiger partial charge in [-0.1, -0.05) is 12.1 Å². The van der Waals surface area contributed by atoms with Crippen LogP contribution in [0.5, 0.6) is 0 Å². The highest BCUT2D eigenvalue weighted by atomic mass is 32.2. The van der Waals surface area contributed by atoms with E-state index < -0.39 is 15.8 Å². The fourth-order valence-corrected chi connectivity index (χ4v) is 4.09. The van der Waals surface area contributed by atoms with Gasteiger partial charge in [0, 0.05) is 32.9 Å². The van der Waals surface area contributed by atoms with E-state index in [-0.39, 0.29) is 22.3 Å². The molecule has 0 bridgehead atoms. The summed E-state index contributed by atoms with van der Waals surface area (Å²) in [4.78, 5) is 14.1. The van der Waals surface area contributed by atoms with Crippen LogP contribution in [0.2, 0.25) is 0 Å². The first-order chi connectivity index (χ1) is 12.4. The van der Waals surface area contributed by atoms with Crippen LogP contribution in [0.15, 0.2) is 41.6 Å². The van der Waals surface area contributed by atoms with Crippen LogP contribution >= 0.6 is 0 Å². The maximum Gasteiger partial charge on any atom is 0.256 e. The van der Waals surface area contributed by atoms with E-state index in [0.717, 1.165) is 0 Å². The van der Waals surface area contributed by atoms with Crippen molar-refractivity contribution >= 4 is 15.9 Å². The number of carbonyl (C=O) groups is 1. The summed E-state index contributed by atoms with van der Waals surface area (Å²) in [7, 11) is -1.93. The van der Waals surface area contributed by atoms with Crippen molar-refractivity contribution in [3.8, 4) is 0 Å². The van der Waals surface area contributed by atoms with Crippen LogP contribution in [0.1, 0.15) is 23.2 Å². The van der Waals surface area contributed by atoms with Gasteiger partial charge in [-0.3, -0.25) is 9.48 Å². The maximum absolute atomic E-state index is 13.8. The molecule has 1 aliphatic heterocycles. The highest BCUT2D eigenvalue weighted by Crippen LogP contribution is 2.20. The molecule has 0 radical (unpaired) electrons. The average Bonchev–Trinajstić information content (AvgIpc) is 3.08. The fourth-order valence-electron chi connectivity index (χ4n) is 2.99. The van der Waals surface area contributed by atoms with Crippen molar-refractivity contribution in [1.29, 1.82) is 0 Å². The summed E-state index contributed by atoms with van der Waals surface area (Å²) in [5.74, 6) is -0.715. The number of piperidine rings is 1. The zero-order valence-electron chi connectivity index (χ0n) is 14.4. The second-order valence-electron chi connectivity index (χ2n) is 6.42. The van der Waals surface area contributed by atoms with Gasteiger partial charge in [-0.15, -0.1) is 0 Å². The Morgan fingerprint density at radius 3 is 2.62 bits per heavy atom. The lowest BCUT2D eigenvalue weighted by molar-refractivity contribution is 0.0687. The van der Waals surface area contributed by atoms with E-state index in [1.165, 1.54) is 29.2 Å². The molecule has 26 heavy (non-hydrogen) atoms. The Kier molecular flexibility index (Phi) is 5.38. The van der Waals surface area contributed by atoms with E-state index in [1.807, 2.05) is 0 Å². The number of hydrogen-bond donors (Lipinski definition) is 1. The van der Waals surface area contributed by atoms with Crippen molar-refractivity contribution in [2.24, 2.45) is 13.0 Å². The van der Waals surface area contributed by atoms with Gasteiger partial charge < -0.3 is 4.90 Å². The van der Waals surface area contributed by atoms with Crippen molar-refractivity contribution in [3.63, 3.8) is 0 Å². The minimum atomic E-state index is -3.58. The van der Waals surface area contributed by atoms with Gasteiger partial charge in [0.15, 0.2) is 0 Å². The van der Waals surface area contributed by atoms with E-state index in [2.05, 4.69) is 9.82 Å². The summed E-state index contributed by atoms with van der Waals surface area (Å²) in [5.41, 5.74) is 0.0724. The van der Waals surface area contributed by atoms with Gasteiger partial charge in [0.2, 0.25) is 10.0 Å². The number of nitrogens with zero attached hydrogens (tertiary/aromatic N) is 3. The molecule has 1 aromatic heterocycles. The van der Waals surface area contributed by atoms with Crippen molar-refractivity contribution < 1.29 is 17.6 Å². The van der Waals surface area contributed by atoms with Crippen LogP contribution in [-0.2, 0) is 17.1 Å². The predicted octanol–water partition coefficient (Wildman–Crippen LogP) is 1.39. The molecule has 1 aliphatic rings. The molecule has 0 saturated carbocycles. The van der Waals surface area contributed by atoms with Crippen LogP contribution in [-0.4, -0.2) is 48.6 Å². The highest BCUT2D eigenvalue weighted by Gasteiger charge is 2.26. The van der Waals surface area contributed by atoms with E-state index >= 15 is 0 Å². The smallest absolute Gasteiger partial charge is 0.256 e. The number of halogens is 1. The third-order valence-electron chi connectivity index (χ3n) is 4.56. The second kappa shape index (κ2) is 7.55. The number of amides is 1. The van der Waals surface area contributed by atoms with Crippen molar-refractivity contribution in [2.45, 2.75) is 17.7 Å². The molecule has 1 N–H and O–H groups in total. The van der Waals surface area contributed by atoms with E-state index in [9.17, 15) is 17.6 Å². The maximum atomic E-state index is 13.8. The second-order valence-corrected chi connectivity index (χ2v) is 8.18. The third-order valence-corrected chi connectivity index (χ3v) is 5.94. The summed E-state index contributed by atoms with van der Waals surface area (Å²) in [6, 6.07) is 5.93. The van der Waals surface area contributed by atoms with Crippen LogP contribution in [0.25, 0.3) is 0 Å². The van der Waals surface area contributed by atoms with Crippen molar-refractivity contribution in [2.75, 3.05) is 19.6 Å². The monoisotopic (exact) mass is 380 g/mol. The molecular weight excluding hydrogens is 359 g/mol. The lowest BCUT2D eigenvalue weighted by atomic mass is 9.96. The molecule has 1 saturated heterocycles. The molecule has 9 heteroatoms. The van der Waals surface area contributed by atoms with E-state index in [4.69, 9.17) is 0 Å². The minimum Gasteiger partial charge on any atom is -0.339 e. The number of aryl methyl sites for hydroxylation is 1. The number of likely N-dealkylation sites (tertiary alicyclic amines) is 1. The van der Waals surface area contributed by atoms with Gasteiger partial charge in [-0.05, 0) is 30.9 Å². The fraction of sp³-hybridized carbons (Fsp3) is 0.412. The van der Waals surface area contributed by atoms with Gasteiger partial charge in [0.05, 0.1) is 11.8 Å². The number of aromatic nitrogens is 2. The summed E-state index contributed by atoms with van der Waals surface area (Å²) in [6.07, 6.45) is 4.07. The van der Waals surface area contributed by atoms with Gasteiger partial charge in [-0.25, -0.2) is 17.5 Å². The molecule has 3 rings (SSSR count). The number of rotatable bonds is 5. The van der Waals surface area contributed by atoms with Crippen LogP contribution < -0.4 is 4.72 Å². The Labute approximate surface area is 151 Å². The number of benzene rings is 1. The molecule has 7 nitrogen and oxygen atoms in total. The number of hydrogen-bond acceptors (Lipinski definition) is 4. The van der Waals surface area contributed by atoms with Crippen LogP contribution in [0.4, 0.5) is 4.39 Å². The Bertz CT molecular complexity index is 889. The quantitative estimate of drug-likeness (QED) is 0.850. The predicted molar refractivity (Wildman–Crippen MR) is 93.4 cm³/mol. The normalized spacial score (nSPS) is 16.0. The Morgan fingerprint density at radius 2 is 2.00 bits per heavy atom. The van der Waals surface area contributed by atoms with E-state index in [1.54, 1.807) is 24.1 Å². The summed E-state index contributed by atoms with van der Waals surface area (Å²) in [6.45, 7) is 1.26. The molecule has 0 aliphatic carbocycles. The standard InChI is InChI=1S/C17H21FN4O3S/c1-21-12-14(11-19-21)26(24,25)20-10-13-6-8-22(9-7-13)17(23)15-4-2-3-5-16(15)18/h2-5,11-13,20H,6-10H2,1H3. The first-order valence-electron chi connectivity index (χ1n) is 8.39. The van der Waals surface area contributed by atoms with E-state index in [0.29, 0.717) is 32.5 Å². The summed E-state index contributed by atoms with van der Waals surface area (Å²) in [5, 5.41) is 3.87. The first-order valence-corrected chi connectivity index (χ1v) is 9.87. The number of carbonyl (C=O) groups excluding carboxylic acids is 1. The molecule has 1 aromatic carbocycles. The van der Waals surface area contributed by atoms with Crippen molar-refractivity contribution in [3.05, 3.63) is 48.0 Å². The number of sulfonamides is 1. The van der Waals surface area contributed by atoms with Crippen LogP contribution in [0.3, 0.4) is 0 Å². The first kappa shape index (κ1) is 18.5. The number of nitrogens with one attached hydrogen (secondary N) is 1. The molecule has 140 valence electrons. The van der Waals surface area contributed by atoms with Gasteiger partial charge in [0.1, 0.15) is 10.7 Å². The Balaban J connectivity index is 1.53. The van der Waals surface area contributed by atoms with Gasteiger partial charge in [-0.2, -0.15) is 5.10 Å². The highest BCUT2D eigenvalue weighted by molar-refractivity contribution is 7.89. The lowest BCUT2D eigenvalue weighted by Crippen LogP contribution is -2.41. The third kappa shape index (κ3) is 4.10. The zero-order valence-corrected chi connectivity index (χ0v) is 15.2. The molecule has 2 aromatic rings. The summed E-state index contributed by atoms with van der Waals surface area (Å²) >= 11 is 0. The average molecular weight is 380 g/mol. The SMILES string of the molecule is Cn1cc(S(=O)(=O)NCC2CCN(C(=O)c3ccccc3F)CC2)cn1.